The van der Waals surface area contributed by atoms with Crippen molar-refractivity contribution in [3.63, 3.8) is 0 Å². The number of carboxylic acid groups (broad SMARTS) is 1. The number of likely N-dealkylation sites (tertiary alicyclic amines) is 3. The molecule has 4 aliphatic rings. The summed E-state index contributed by atoms with van der Waals surface area (Å²) < 4.78 is 5.62. The van der Waals surface area contributed by atoms with E-state index in [0.29, 0.717) is 79.8 Å². The number of carbonyl (C=O) groups is 3. The Labute approximate surface area is 318 Å². The average molecular weight is 762 g/mol. The van der Waals surface area contributed by atoms with Crippen LogP contribution >= 0.6 is 23.2 Å². The van der Waals surface area contributed by atoms with Gasteiger partial charge in [0.2, 0.25) is 0 Å². The third-order valence-electron chi connectivity index (χ3n) is 11.4. The molecule has 7 rings (SSSR count). The van der Waals surface area contributed by atoms with Gasteiger partial charge < -0.3 is 29.9 Å². The minimum absolute atomic E-state index is 0.128. The second kappa shape index (κ2) is 15.4. The Morgan fingerprint density at radius 3 is 2.45 bits per heavy atom. The number of amides is 3. The Hall–Kier alpha value is -4.59. The van der Waals surface area contributed by atoms with Crippen molar-refractivity contribution in [3.8, 4) is 5.75 Å². The van der Waals surface area contributed by atoms with E-state index in [2.05, 4.69) is 30.6 Å². The van der Waals surface area contributed by atoms with Crippen molar-refractivity contribution in [2.45, 2.75) is 61.6 Å². The molecule has 0 aliphatic carbocycles. The molecule has 1 aromatic heterocycles. The summed E-state index contributed by atoms with van der Waals surface area (Å²) in [4.78, 5) is 49.6. The molecule has 15 heteroatoms. The summed E-state index contributed by atoms with van der Waals surface area (Å²) in [7, 11) is 1.55. The fourth-order valence-corrected chi connectivity index (χ4v) is 8.59. The number of aromatic nitrogens is 1. The first-order valence-corrected chi connectivity index (χ1v) is 18.7. The molecule has 3 aromatic rings. The van der Waals surface area contributed by atoms with Crippen molar-refractivity contribution in [2.75, 3.05) is 46.4 Å². The molecule has 3 amide bonds. The maximum Gasteiger partial charge on any atom is 0.326 e. The number of methoxy groups -OCH3 is 1. The van der Waals surface area contributed by atoms with E-state index >= 15 is 0 Å². The monoisotopic (exact) mass is 760 g/mol. The van der Waals surface area contributed by atoms with Gasteiger partial charge in [-0.1, -0.05) is 35.3 Å². The molecule has 53 heavy (non-hydrogen) atoms. The zero-order valence-electron chi connectivity index (χ0n) is 29.5. The number of benzene rings is 2. The van der Waals surface area contributed by atoms with Gasteiger partial charge in [-0.15, -0.1) is 5.10 Å². The Morgan fingerprint density at radius 1 is 0.962 bits per heavy atom. The summed E-state index contributed by atoms with van der Waals surface area (Å²) in [6, 6.07) is 13.5. The Bertz CT molecular complexity index is 1910. The lowest BCUT2D eigenvalue weighted by Gasteiger charge is -2.44. The Kier molecular flexibility index (Phi) is 10.7. The first-order chi connectivity index (χ1) is 25.6. The molecule has 3 saturated heterocycles. The summed E-state index contributed by atoms with van der Waals surface area (Å²) in [6.45, 7) is 3.60. The lowest BCUT2D eigenvalue weighted by atomic mass is 9.76. The fraction of sp³-hybridized carbons (Fsp3) is 0.447. The van der Waals surface area contributed by atoms with Gasteiger partial charge in [0, 0.05) is 50.5 Å². The number of piperidine rings is 1. The van der Waals surface area contributed by atoms with Gasteiger partial charge in [-0.3, -0.25) is 9.78 Å². The molecular formula is C38H42Cl2N8O5. The molecule has 278 valence electrons. The molecule has 0 bridgehead atoms. The fourth-order valence-electron chi connectivity index (χ4n) is 8.29. The molecule has 0 saturated carbocycles. The van der Waals surface area contributed by atoms with Crippen LogP contribution in [0.2, 0.25) is 10.0 Å². The highest BCUT2D eigenvalue weighted by molar-refractivity contribution is 6.42. The van der Waals surface area contributed by atoms with Gasteiger partial charge in [0.15, 0.2) is 0 Å². The van der Waals surface area contributed by atoms with Crippen molar-refractivity contribution < 1.29 is 24.2 Å². The highest BCUT2D eigenvalue weighted by atomic mass is 35.5. The Balaban J connectivity index is 1.09. The van der Waals surface area contributed by atoms with Gasteiger partial charge in [-0.05, 0) is 103 Å². The first kappa shape index (κ1) is 36.8. The van der Waals surface area contributed by atoms with Gasteiger partial charge >= 0.3 is 12.0 Å². The molecule has 3 atom stereocenters. The summed E-state index contributed by atoms with van der Waals surface area (Å²) in [5.41, 5.74) is 2.18. The number of hydrogen-bond donors (Lipinski definition) is 2. The summed E-state index contributed by atoms with van der Waals surface area (Å²) in [5.74, 6) is -0.622. The minimum atomic E-state index is -0.979. The van der Waals surface area contributed by atoms with Crippen LogP contribution in [-0.2, 0) is 15.7 Å². The van der Waals surface area contributed by atoms with Crippen LogP contribution in [0.5, 0.6) is 5.75 Å². The lowest BCUT2D eigenvalue weighted by Crippen LogP contribution is -2.57. The number of hydrogen-bond acceptors (Lipinski definition) is 9. The van der Waals surface area contributed by atoms with Crippen molar-refractivity contribution in [3.05, 3.63) is 93.2 Å². The van der Waals surface area contributed by atoms with E-state index in [-0.39, 0.29) is 18.0 Å². The Morgan fingerprint density at radius 2 is 1.75 bits per heavy atom. The minimum Gasteiger partial charge on any atom is -0.496 e. The van der Waals surface area contributed by atoms with Crippen LogP contribution in [0, 0.1) is 0 Å². The van der Waals surface area contributed by atoms with E-state index in [4.69, 9.17) is 27.9 Å². The second-order valence-electron chi connectivity index (χ2n) is 14.3. The molecule has 4 aliphatic heterocycles. The van der Waals surface area contributed by atoms with E-state index in [0.717, 1.165) is 36.1 Å². The quantitative estimate of drug-likeness (QED) is 0.246. The third-order valence-corrected chi connectivity index (χ3v) is 12.1. The molecule has 13 nitrogen and oxygen atoms in total. The summed E-state index contributed by atoms with van der Waals surface area (Å²) >= 11 is 12.9. The SMILES string of the molecule is COc1ccc(C2C=NN=N2)cc1C(=O)N1CCC(CCN2CCC(NC(=O)N3CCCC3C(=O)O)(c3ccncc3)CC2)(c2ccc(Cl)c(Cl)c2)C1. The van der Waals surface area contributed by atoms with Crippen LogP contribution < -0.4 is 10.1 Å². The van der Waals surface area contributed by atoms with Crippen molar-refractivity contribution in [2.24, 2.45) is 15.4 Å². The van der Waals surface area contributed by atoms with E-state index in [1.54, 1.807) is 31.8 Å². The van der Waals surface area contributed by atoms with Crippen molar-refractivity contribution >= 4 is 47.3 Å². The third kappa shape index (κ3) is 7.47. The number of halogens is 2. The number of ether oxygens (including phenoxy) is 1. The van der Waals surface area contributed by atoms with Crippen LogP contribution in [0.25, 0.3) is 0 Å². The topological polar surface area (TPSA) is 152 Å². The van der Waals surface area contributed by atoms with Gasteiger partial charge in [0.25, 0.3) is 5.91 Å². The highest BCUT2D eigenvalue weighted by Gasteiger charge is 2.45. The van der Waals surface area contributed by atoms with Gasteiger partial charge in [0.05, 0.1) is 34.5 Å². The molecular weight excluding hydrogens is 719 g/mol. The van der Waals surface area contributed by atoms with Crippen LogP contribution in [0.4, 0.5) is 4.79 Å². The molecule has 3 fully saturated rings. The zero-order chi connectivity index (χ0) is 37.2. The molecule has 3 unspecified atom stereocenters. The number of pyridine rings is 1. The van der Waals surface area contributed by atoms with E-state index in [1.165, 1.54) is 4.90 Å². The average Bonchev–Trinajstić information content (AvgIpc) is 3.98. The maximum absolute atomic E-state index is 14.2. The van der Waals surface area contributed by atoms with Crippen LogP contribution in [0.15, 0.2) is 76.4 Å². The number of nitrogens with one attached hydrogen (secondary N) is 1. The van der Waals surface area contributed by atoms with Crippen molar-refractivity contribution in [1.82, 2.24) is 25.0 Å². The number of aliphatic carboxylic acids is 1. The van der Waals surface area contributed by atoms with E-state index in [1.807, 2.05) is 47.4 Å². The lowest BCUT2D eigenvalue weighted by molar-refractivity contribution is -0.141. The predicted molar refractivity (Wildman–Crippen MR) is 200 cm³/mol. The summed E-state index contributed by atoms with van der Waals surface area (Å²) in [6.07, 6.45) is 8.96. The van der Waals surface area contributed by atoms with Gasteiger partial charge in [-0.25, -0.2) is 9.59 Å². The smallest absolute Gasteiger partial charge is 0.326 e. The van der Waals surface area contributed by atoms with Gasteiger partial charge in [0.1, 0.15) is 17.8 Å². The molecule has 0 spiro atoms. The molecule has 5 heterocycles. The first-order valence-electron chi connectivity index (χ1n) is 17.9. The second-order valence-corrected chi connectivity index (χ2v) is 15.1. The van der Waals surface area contributed by atoms with Crippen molar-refractivity contribution in [1.29, 1.82) is 0 Å². The van der Waals surface area contributed by atoms with Crippen LogP contribution in [0.1, 0.15) is 71.6 Å². The predicted octanol–water partition coefficient (Wildman–Crippen LogP) is 6.31. The van der Waals surface area contributed by atoms with E-state index < -0.39 is 23.0 Å². The summed E-state index contributed by atoms with van der Waals surface area (Å²) in [5, 5.41) is 25.7. The molecule has 2 N–H and O–H groups in total. The van der Waals surface area contributed by atoms with Gasteiger partial charge in [-0.2, -0.15) is 5.11 Å². The largest absolute Gasteiger partial charge is 0.496 e. The van der Waals surface area contributed by atoms with Crippen LogP contribution in [-0.4, -0.2) is 101 Å². The number of nitrogens with zero attached hydrogens (tertiary/aromatic N) is 7. The number of carboxylic acids is 1. The molecule has 0 radical (unpaired) electrons. The number of rotatable bonds is 10. The number of urea groups is 1. The molecule has 2 aromatic carbocycles. The maximum atomic E-state index is 14.2. The number of carbonyl (C=O) groups excluding carboxylic acids is 2. The van der Waals surface area contributed by atoms with E-state index in [9.17, 15) is 19.5 Å². The standard InChI is InChI=1S/C38H42Cl2N8O5/c1-53-33-7-4-25(31-23-42-45-44-31)21-28(33)34(49)47-20-11-37(24-47,27-5-6-29(39)30(40)22-27)10-17-46-18-12-38(13-19-46,26-8-14-41-15-9-26)43-36(52)48-16-2-3-32(48)35(50)51/h4-9,14-15,21-23,31-32H,2-3,10-13,16-20,24H2,1H3,(H,43,52)(H,50,51). The zero-order valence-corrected chi connectivity index (χ0v) is 31.0. The van der Waals surface area contributed by atoms with Crippen LogP contribution in [0.3, 0.4) is 0 Å². The normalized spacial score (nSPS) is 23.8. The highest BCUT2D eigenvalue weighted by Crippen LogP contribution is 2.42.